The third-order valence-corrected chi connectivity index (χ3v) is 2.59. The first-order valence-electron chi connectivity index (χ1n) is 5.33. The number of Topliss-reactive ketones (excluding diaryl/α,β-unsaturated/α-hetero) is 1. The van der Waals surface area contributed by atoms with Gasteiger partial charge in [-0.05, 0) is 25.0 Å². The Bertz CT molecular complexity index is 382. The Balaban J connectivity index is 1.96. The van der Waals surface area contributed by atoms with Crippen LogP contribution in [0, 0.1) is 0 Å². The number of hydrogen-bond donors (Lipinski definition) is 0. The van der Waals surface area contributed by atoms with Crippen LogP contribution >= 0.6 is 0 Å². The lowest BCUT2D eigenvalue weighted by Crippen LogP contribution is -2.39. The molecule has 0 unspecified atom stereocenters. The zero-order valence-corrected chi connectivity index (χ0v) is 9.04. The van der Waals surface area contributed by atoms with Crippen LogP contribution in [-0.2, 0) is 0 Å². The molecule has 0 saturated heterocycles. The average molecular weight is 247 g/mol. The summed E-state index contributed by atoms with van der Waals surface area (Å²) >= 11 is 0. The van der Waals surface area contributed by atoms with E-state index in [0.29, 0.717) is 0 Å². The molecule has 94 valence electrons. The molecule has 1 heterocycles. The summed E-state index contributed by atoms with van der Waals surface area (Å²) in [7, 11) is 0. The Morgan fingerprint density at radius 2 is 2.18 bits per heavy atom. The summed E-state index contributed by atoms with van der Waals surface area (Å²) in [5.74, 6) is -0.302. The van der Waals surface area contributed by atoms with Crippen molar-refractivity contribution in [3.8, 4) is 0 Å². The zero-order chi connectivity index (χ0) is 12.5. The second-order valence-corrected chi connectivity index (χ2v) is 4.15. The van der Waals surface area contributed by atoms with E-state index in [1.165, 1.54) is 17.2 Å². The largest absolute Gasteiger partial charge is 0.461 e. The van der Waals surface area contributed by atoms with Crippen molar-refractivity contribution >= 4 is 5.78 Å². The van der Waals surface area contributed by atoms with Gasteiger partial charge in [-0.1, -0.05) is 0 Å². The number of ketones is 1. The minimum absolute atomic E-state index is 0.109. The van der Waals surface area contributed by atoms with Crippen LogP contribution in [0.3, 0.4) is 0 Å². The van der Waals surface area contributed by atoms with Crippen molar-refractivity contribution in [1.29, 1.82) is 0 Å². The topological polar surface area (TPSA) is 33.5 Å². The molecule has 1 aromatic rings. The Morgan fingerprint density at radius 1 is 1.47 bits per heavy atom. The van der Waals surface area contributed by atoms with Crippen LogP contribution in [0.5, 0.6) is 0 Å². The molecule has 0 bridgehead atoms. The van der Waals surface area contributed by atoms with E-state index in [1.54, 1.807) is 6.07 Å². The first-order chi connectivity index (χ1) is 7.96. The molecule has 1 fully saturated rings. The fourth-order valence-corrected chi connectivity index (χ4v) is 1.68. The Morgan fingerprint density at radius 3 is 2.65 bits per heavy atom. The SMILES string of the molecule is O=C(CN(CC(F)(F)F)C1CC1)c1ccco1. The summed E-state index contributed by atoms with van der Waals surface area (Å²) in [5.41, 5.74) is 0. The van der Waals surface area contributed by atoms with E-state index in [-0.39, 0.29) is 18.3 Å². The Kier molecular flexibility index (Phi) is 3.24. The molecule has 0 aromatic carbocycles. The maximum absolute atomic E-state index is 12.3. The van der Waals surface area contributed by atoms with Crippen molar-refractivity contribution in [3.63, 3.8) is 0 Å². The first kappa shape index (κ1) is 12.2. The molecule has 1 aliphatic rings. The smallest absolute Gasteiger partial charge is 0.401 e. The molecule has 17 heavy (non-hydrogen) atoms. The maximum atomic E-state index is 12.3. The van der Waals surface area contributed by atoms with E-state index in [1.807, 2.05) is 0 Å². The number of halogens is 3. The van der Waals surface area contributed by atoms with Gasteiger partial charge in [0.2, 0.25) is 5.78 Å². The van der Waals surface area contributed by atoms with Crippen molar-refractivity contribution in [3.05, 3.63) is 24.2 Å². The number of rotatable bonds is 5. The number of alkyl halides is 3. The standard InChI is InChI=1S/C11H12F3NO2/c12-11(13,14)7-15(8-3-4-8)6-9(16)10-2-1-5-17-10/h1-2,5,8H,3-4,6-7H2. The maximum Gasteiger partial charge on any atom is 0.401 e. The molecule has 1 saturated carbocycles. The summed E-state index contributed by atoms with van der Waals surface area (Å²) in [5, 5.41) is 0. The third-order valence-electron chi connectivity index (χ3n) is 2.59. The van der Waals surface area contributed by atoms with Gasteiger partial charge < -0.3 is 4.42 Å². The molecule has 1 aliphatic carbocycles. The minimum atomic E-state index is -4.27. The van der Waals surface area contributed by atoms with E-state index in [2.05, 4.69) is 0 Å². The molecule has 1 aromatic heterocycles. The quantitative estimate of drug-likeness (QED) is 0.749. The molecule has 3 nitrogen and oxygen atoms in total. The number of furan rings is 1. The second-order valence-electron chi connectivity index (χ2n) is 4.15. The normalized spacial score (nSPS) is 16.5. The van der Waals surface area contributed by atoms with Gasteiger partial charge in [-0.25, -0.2) is 0 Å². The number of hydrogen-bond acceptors (Lipinski definition) is 3. The fraction of sp³-hybridized carbons (Fsp3) is 0.545. The van der Waals surface area contributed by atoms with Crippen molar-refractivity contribution in [2.75, 3.05) is 13.1 Å². The zero-order valence-electron chi connectivity index (χ0n) is 9.04. The van der Waals surface area contributed by atoms with Crippen molar-refractivity contribution in [1.82, 2.24) is 4.90 Å². The minimum Gasteiger partial charge on any atom is -0.461 e. The highest BCUT2D eigenvalue weighted by molar-refractivity contribution is 5.95. The van der Waals surface area contributed by atoms with Crippen LogP contribution in [0.25, 0.3) is 0 Å². The fourth-order valence-electron chi connectivity index (χ4n) is 1.68. The average Bonchev–Trinajstić information content (AvgIpc) is 2.90. The van der Waals surface area contributed by atoms with E-state index in [0.717, 1.165) is 12.8 Å². The van der Waals surface area contributed by atoms with Gasteiger partial charge in [0.15, 0.2) is 5.76 Å². The number of nitrogens with zero attached hydrogens (tertiary/aromatic N) is 1. The lowest BCUT2D eigenvalue weighted by atomic mass is 10.2. The van der Waals surface area contributed by atoms with Crippen molar-refractivity contribution < 1.29 is 22.4 Å². The summed E-state index contributed by atoms with van der Waals surface area (Å²) in [6.45, 7) is -1.28. The third kappa shape index (κ3) is 3.59. The van der Waals surface area contributed by atoms with Gasteiger partial charge in [0, 0.05) is 6.04 Å². The summed E-state index contributed by atoms with van der Waals surface area (Å²) in [6, 6.07) is 2.88. The monoisotopic (exact) mass is 247 g/mol. The van der Waals surface area contributed by atoms with Crippen molar-refractivity contribution in [2.45, 2.75) is 25.1 Å². The van der Waals surface area contributed by atoms with E-state index < -0.39 is 18.5 Å². The second kappa shape index (κ2) is 4.52. The summed E-state index contributed by atoms with van der Waals surface area (Å²) in [6.07, 6.45) is -1.49. The van der Waals surface area contributed by atoms with Crippen molar-refractivity contribution in [2.24, 2.45) is 0 Å². The van der Waals surface area contributed by atoms with Gasteiger partial charge >= 0.3 is 6.18 Å². The molecule has 2 rings (SSSR count). The lowest BCUT2D eigenvalue weighted by Gasteiger charge is -2.21. The molecular formula is C11H12F3NO2. The van der Waals surface area contributed by atoms with Gasteiger partial charge in [0.25, 0.3) is 0 Å². The van der Waals surface area contributed by atoms with Crippen LogP contribution in [0.4, 0.5) is 13.2 Å². The molecule has 0 radical (unpaired) electrons. The molecule has 6 heteroatoms. The summed E-state index contributed by atoms with van der Waals surface area (Å²) in [4.78, 5) is 12.8. The predicted octanol–water partition coefficient (Wildman–Crippen LogP) is 2.49. The van der Waals surface area contributed by atoms with E-state index >= 15 is 0 Å². The van der Waals surface area contributed by atoms with Crippen LogP contribution in [0.1, 0.15) is 23.4 Å². The number of carbonyl (C=O) groups is 1. The molecule has 0 spiro atoms. The molecule has 0 aliphatic heterocycles. The van der Waals surface area contributed by atoms with Gasteiger partial charge in [-0.2, -0.15) is 13.2 Å². The molecule has 0 atom stereocenters. The van der Waals surface area contributed by atoms with Crippen LogP contribution in [-0.4, -0.2) is 36.0 Å². The Labute approximate surface area is 96.2 Å². The van der Waals surface area contributed by atoms with Gasteiger partial charge in [-0.3, -0.25) is 9.69 Å². The van der Waals surface area contributed by atoms with Crippen LogP contribution in [0.15, 0.2) is 22.8 Å². The number of carbonyl (C=O) groups excluding carboxylic acids is 1. The van der Waals surface area contributed by atoms with E-state index in [9.17, 15) is 18.0 Å². The predicted molar refractivity (Wildman–Crippen MR) is 53.7 cm³/mol. The summed E-state index contributed by atoms with van der Waals surface area (Å²) < 4.78 is 41.8. The Hall–Kier alpha value is -1.30. The van der Waals surface area contributed by atoms with Gasteiger partial charge in [0.05, 0.1) is 19.4 Å². The van der Waals surface area contributed by atoms with Gasteiger partial charge in [0.1, 0.15) is 0 Å². The van der Waals surface area contributed by atoms with Crippen LogP contribution < -0.4 is 0 Å². The molecule has 0 amide bonds. The van der Waals surface area contributed by atoms with E-state index in [4.69, 9.17) is 4.42 Å². The highest BCUT2D eigenvalue weighted by Gasteiger charge is 2.39. The van der Waals surface area contributed by atoms with Gasteiger partial charge in [-0.15, -0.1) is 0 Å². The highest BCUT2D eigenvalue weighted by Crippen LogP contribution is 2.30. The first-order valence-corrected chi connectivity index (χ1v) is 5.33. The molecule has 0 N–H and O–H groups in total. The highest BCUT2D eigenvalue weighted by atomic mass is 19.4. The van der Waals surface area contributed by atoms with Crippen LogP contribution in [0.2, 0.25) is 0 Å². The molecular weight excluding hydrogens is 235 g/mol. The lowest BCUT2D eigenvalue weighted by molar-refractivity contribution is -0.145.